The zero-order valence-corrected chi connectivity index (χ0v) is 15.5. The van der Waals surface area contributed by atoms with Crippen molar-refractivity contribution >= 4 is 18.3 Å². The molecule has 25 heavy (non-hydrogen) atoms. The number of carbonyl (C=O) groups excluding carboxylic acids is 1. The molecule has 2 aliphatic rings. The van der Waals surface area contributed by atoms with Gasteiger partial charge in [-0.05, 0) is 30.5 Å². The van der Waals surface area contributed by atoms with E-state index in [-0.39, 0.29) is 23.9 Å². The number of carbonyl (C=O) groups is 1. The molecular formula is C18H27ClN2O4. The summed E-state index contributed by atoms with van der Waals surface area (Å²) in [6.07, 6.45) is 4.14. The SMILES string of the molecule is COCCNCC(=O)NC1(c2ccc3c(c2)OCCO3)CCCC1.Cl. The van der Waals surface area contributed by atoms with Gasteiger partial charge < -0.3 is 24.8 Å². The highest BCUT2D eigenvalue weighted by Crippen LogP contribution is 2.42. The van der Waals surface area contributed by atoms with Gasteiger partial charge in [0.1, 0.15) is 13.2 Å². The number of hydrogen-bond donors (Lipinski definition) is 2. The van der Waals surface area contributed by atoms with Crippen LogP contribution in [0.5, 0.6) is 11.5 Å². The van der Waals surface area contributed by atoms with Crippen molar-refractivity contribution < 1.29 is 19.0 Å². The predicted molar refractivity (Wildman–Crippen MR) is 97.7 cm³/mol. The van der Waals surface area contributed by atoms with E-state index in [1.165, 1.54) is 0 Å². The summed E-state index contributed by atoms with van der Waals surface area (Å²) in [5.74, 6) is 1.58. The van der Waals surface area contributed by atoms with Gasteiger partial charge in [0.25, 0.3) is 0 Å². The molecular weight excluding hydrogens is 344 g/mol. The molecule has 0 saturated heterocycles. The molecule has 1 aromatic carbocycles. The summed E-state index contributed by atoms with van der Waals surface area (Å²) in [4.78, 5) is 12.4. The fraction of sp³-hybridized carbons (Fsp3) is 0.611. The summed E-state index contributed by atoms with van der Waals surface area (Å²) in [5.41, 5.74) is 0.810. The Bertz CT molecular complexity index is 576. The summed E-state index contributed by atoms with van der Waals surface area (Å²) < 4.78 is 16.3. The van der Waals surface area contributed by atoms with E-state index in [1.54, 1.807) is 7.11 Å². The predicted octanol–water partition coefficient (Wildman–Crippen LogP) is 2.00. The molecule has 2 N–H and O–H groups in total. The number of hydrogen-bond acceptors (Lipinski definition) is 5. The second kappa shape index (κ2) is 9.27. The average Bonchev–Trinajstić information content (AvgIpc) is 3.08. The quantitative estimate of drug-likeness (QED) is 0.718. The first-order valence-electron chi connectivity index (χ1n) is 8.64. The molecule has 0 unspecified atom stereocenters. The van der Waals surface area contributed by atoms with Crippen molar-refractivity contribution in [3.05, 3.63) is 23.8 Å². The van der Waals surface area contributed by atoms with Crippen LogP contribution in [0, 0.1) is 0 Å². The highest BCUT2D eigenvalue weighted by Gasteiger charge is 2.37. The van der Waals surface area contributed by atoms with Gasteiger partial charge in [0.15, 0.2) is 11.5 Å². The van der Waals surface area contributed by atoms with E-state index in [1.807, 2.05) is 12.1 Å². The lowest BCUT2D eigenvalue weighted by molar-refractivity contribution is -0.122. The summed E-state index contributed by atoms with van der Waals surface area (Å²) in [7, 11) is 1.65. The molecule has 6 nitrogen and oxygen atoms in total. The van der Waals surface area contributed by atoms with Crippen molar-refractivity contribution in [1.29, 1.82) is 0 Å². The monoisotopic (exact) mass is 370 g/mol. The molecule has 1 aromatic rings. The Morgan fingerprint density at radius 2 is 1.92 bits per heavy atom. The van der Waals surface area contributed by atoms with E-state index in [0.717, 1.165) is 42.7 Å². The highest BCUT2D eigenvalue weighted by molar-refractivity contribution is 5.85. The van der Waals surface area contributed by atoms with Crippen molar-refractivity contribution in [3.8, 4) is 11.5 Å². The lowest BCUT2D eigenvalue weighted by atomic mass is 9.87. The molecule has 1 aliphatic heterocycles. The van der Waals surface area contributed by atoms with Gasteiger partial charge in [-0.3, -0.25) is 4.79 Å². The summed E-state index contributed by atoms with van der Waals surface area (Å²) in [6.45, 7) is 2.72. The van der Waals surface area contributed by atoms with Crippen molar-refractivity contribution in [2.45, 2.75) is 31.2 Å². The van der Waals surface area contributed by atoms with Crippen molar-refractivity contribution in [2.75, 3.05) is 40.0 Å². The largest absolute Gasteiger partial charge is 0.486 e. The second-order valence-corrected chi connectivity index (χ2v) is 6.37. The third kappa shape index (κ3) is 4.77. The first kappa shape index (κ1) is 19.8. The van der Waals surface area contributed by atoms with E-state index in [0.29, 0.717) is 32.9 Å². The number of rotatable bonds is 7. The van der Waals surface area contributed by atoms with E-state index in [9.17, 15) is 4.79 Å². The number of nitrogens with one attached hydrogen (secondary N) is 2. The molecule has 0 atom stereocenters. The van der Waals surface area contributed by atoms with Crippen LogP contribution in [0.15, 0.2) is 18.2 Å². The van der Waals surface area contributed by atoms with Crippen LogP contribution in [0.25, 0.3) is 0 Å². The van der Waals surface area contributed by atoms with Gasteiger partial charge in [-0.2, -0.15) is 0 Å². The standard InChI is InChI=1S/C18H26N2O4.ClH/c1-22-9-8-19-13-17(21)20-18(6-2-3-7-18)14-4-5-15-16(12-14)24-11-10-23-15;/h4-5,12,19H,2-3,6-11,13H2,1H3,(H,20,21);1H. The fourth-order valence-electron chi connectivity index (χ4n) is 3.49. The van der Waals surface area contributed by atoms with Gasteiger partial charge in [0.2, 0.25) is 5.91 Å². The van der Waals surface area contributed by atoms with Gasteiger partial charge in [0, 0.05) is 13.7 Å². The van der Waals surface area contributed by atoms with Gasteiger partial charge in [0.05, 0.1) is 18.7 Å². The number of ether oxygens (including phenoxy) is 3. The molecule has 1 fully saturated rings. The molecule has 1 amide bonds. The zero-order chi connectivity index (χ0) is 16.8. The van der Waals surface area contributed by atoms with Crippen LogP contribution in [0.4, 0.5) is 0 Å². The van der Waals surface area contributed by atoms with Crippen LogP contribution >= 0.6 is 12.4 Å². The summed E-state index contributed by atoms with van der Waals surface area (Å²) in [6, 6.07) is 6.03. The number of amides is 1. The van der Waals surface area contributed by atoms with Gasteiger partial charge in [-0.15, -0.1) is 12.4 Å². The Morgan fingerprint density at radius 1 is 1.20 bits per heavy atom. The van der Waals surface area contributed by atoms with Gasteiger partial charge >= 0.3 is 0 Å². The van der Waals surface area contributed by atoms with E-state index < -0.39 is 0 Å². The van der Waals surface area contributed by atoms with Crippen LogP contribution in [-0.2, 0) is 15.1 Å². The number of fused-ring (bicyclic) bond motifs is 1. The first-order valence-corrected chi connectivity index (χ1v) is 8.64. The summed E-state index contributed by atoms with van der Waals surface area (Å²) in [5, 5.41) is 6.35. The van der Waals surface area contributed by atoms with Gasteiger partial charge in [-0.25, -0.2) is 0 Å². The van der Waals surface area contributed by atoms with Crippen molar-refractivity contribution in [1.82, 2.24) is 10.6 Å². The Kier molecular flexibility index (Phi) is 7.35. The van der Waals surface area contributed by atoms with Crippen molar-refractivity contribution in [2.24, 2.45) is 0 Å². The Hall–Kier alpha value is -1.50. The molecule has 140 valence electrons. The fourth-order valence-corrected chi connectivity index (χ4v) is 3.49. The molecule has 0 aromatic heterocycles. The average molecular weight is 371 g/mol. The lowest BCUT2D eigenvalue weighted by Crippen LogP contribution is -2.47. The zero-order valence-electron chi connectivity index (χ0n) is 14.6. The molecule has 0 radical (unpaired) electrons. The molecule has 1 saturated carbocycles. The van der Waals surface area contributed by atoms with Gasteiger partial charge in [-0.1, -0.05) is 18.9 Å². The summed E-state index contributed by atoms with van der Waals surface area (Å²) >= 11 is 0. The molecule has 0 spiro atoms. The molecule has 3 rings (SSSR count). The minimum atomic E-state index is -0.296. The Morgan fingerprint density at radius 3 is 2.64 bits per heavy atom. The first-order chi connectivity index (χ1) is 11.7. The Balaban J connectivity index is 0.00000225. The molecule has 7 heteroatoms. The van der Waals surface area contributed by atoms with Crippen LogP contribution in [0.1, 0.15) is 31.2 Å². The lowest BCUT2D eigenvalue weighted by Gasteiger charge is -2.32. The minimum absolute atomic E-state index is 0. The smallest absolute Gasteiger partial charge is 0.234 e. The van der Waals surface area contributed by atoms with Crippen LogP contribution in [-0.4, -0.2) is 45.9 Å². The third-order valence-electron chi connectivity index (χ3n) is 4.70. The minimum Gasteiger partial charge on any atom is -0.486 e. The highest BCUT2D eigenvalue weighted by atomic mass is 35.5. The maximum absolute atomic E-state index is 12.4. The maximum Gasteiger partial charge on any atom is 0.234 e. The van der Waals surface area contributed by atoms with Crippen LogP contribution in [0.3, 0.4) is 0 Å². The number of methoxy groups -OCH3 is 1. The topological polar surface area (TPSA) is 68.8 Å². The van der Waals surface area contributed by atoms with E-state index >= 15 is 0 Å². The Labute approximate surface area is 155 Å². The maximum atomic E-state index is 12.4. The van der Waals surface area contributed by atoms with Crippen LogP contribution in [0.2, 0.25) is 0 Å². The normalized spacial score (nSPS) is 17.6. The van der Waals surface area contributed by atoms with E-state index in [4.69, 9.17) is 14.2 Å². The van der Waals surface area contributed by atoms with E-state index in [2.05, 4.69) is 16.7 Å². The second-order valence-electron chi connectivity index (χ2n) is 6.37. The molecule has 1 aliphatic carbocycles. The van der Waals surface area contributed by atoms with Crippen LogP contribution < -0.4 is 20.1 Å². The third-order valence-corrected chi connectivity index (χ3v) is 4.70. The van der Waals surface area contributed by atoms with Crippen molar-refractivity contribution in [3.63, 3.8) is 0 Å². The number of halogens is 1. The number of benzene rings is 1. The molecule has 1 heterocycles. The molecule has 0 bridgehead atoms.